The fourth-order valence-electron chi connectivity index (χ4n) is 4.57. The molecule has 4 aromatic rings. The number of fused-ring (bicyclic) bond motifs is 1. The maximum absolute atomic E-state index is 13.4. The summed E-state index contributed by atoms with van der Waals surface area (Å²) in [6.45, 7) is 6.52. The van der Waals surface area contributed by atoms with E-state index in [4.69, 9.17) is 0 Å². The van der Waals surface area contributed by atoms with Crippen LogP contribution >= 0.6 is 0 Å². The van der Waals surface area contributed by atoms with Gasteiger partial charge in [-0.2, -0.15) is 0 Å². The van der Waals surface area contributed by atoms with Crippen LogP contribution < -0.4 is 10.6 Å². The molecule has 1 atom stereocenters. The van der Waals surface area contributed by atoms with Crippen molar-refractivity contribution in [1.82, 2.24) is 25.5 Å². The number of nitrogens with zero attached hydrogens (tertiary/aromatic N) is 2. The second kappa shape index (κ2) is 10.1. The van der Waals surface area contributed by atoms with Crippen molar-refractivity contribution in [2.24, 2.45) is 5.41 Å². The van der Waals surface area contributed by atoms with Crippen molar-refractivity contribution in [2.45, 2.75) is 32.9 Å². The average molecular weight is 510 g/mol. The predicted molar refractivity (Wildman–Crippen MR) is 147 cm³/mol. The van der Waals surface area contributed by atoms with Crippen LogP contribution in [0.1, 0.15) is 41.7 Å². The molecular formula is C30H31N5O3. The Hall–Kier alpha value is -4.46. The molecule has 1 aliphatic rings. The first-order valence-electron chi connectivity index (χ1n) is 12.7. The normalized spacial score (nSPS) is 14.6. The van der Waals surface area contributed by atoms with Gasteiger partial charge in [0.25, 0.3) is 11.8 Å². The van der Waals surface area contributed by atoms with Crippen molar-refractivity contribution in [2.75, 3.05) is 13.1 Å². The van der Waals surface area contributed by atoms with Crippen molar-refractivity contribution < 1.29 is 14.4 Å². The van der Waals surface area contributed by atoms with Gasteiger partial charge in [0.15, 0.2) is 0 Å². The van der Waals surface area contributed by atoms with Gasteiger partial charge in [0.2, 0.25) is 5.91 Å². The predicted octanol–water partition coefficient (Wildman–Crippen LogP) is 4.02. The molecule has 8 nitrogen and oxygen atoms in total. The minimum absolute atomic E-state index is 0.169. The highest BCUT2D eigenvalue weighted by Gasteiger charge is 2.41. The summed E-state index contributed by atoms with van der Waals surface area (Å²) in [6, 6.07) is 21.9. The standard InChI is InChI=1S/C30H31N5O3/c1-30(2,3)26(34-28(37)25-15-20-11-7-8-12-23(20)33-25)29(38)35-17-22(18-35)32-27(36)24-14-13-21(16-31-24)19-9-5-4-6-10-19/h4-16,22,26,33H,17-18H2,1-3H3,(H,32,36)(H,34,37)/t26-/m1/s1. The van der Waals surface area contributed by atoms with Crippen molar-refractivity contribution >= 4 is 28.6 Å². The number of hydrogen-bond acceptors (Lipinski definition) is 4. The van der Waals surface area contributed by atoms with Gasteiger partial charge in [0.1, 0.15) is 17.4 Å². The number of pyridine rings is 1. The van der Waals surface area contributed by atoms with Crippen LogP contribution in [0.2, 0.25) is 0 Å². The molecule has 1 fully saturated rings. The van der Waals surface area contributed by atoms with Gasteiger partial charge in [0.05, 0.1) is 6.04 Å². The summed E-state index contributed by atoms with van der Waals surface area (Å²) in [5.41, 5.74) is 3.06. The SMILES string of the molecule is CC(C)(C)[C@H](NC(=O)c1cc2ccccc2[nH]1)C(=O)N1CC(NC(=O)c2ccc(-c3ccccc3)cn2)C1. The molecule has 2 aromatic carbocycles. The van der Waals surface area contributed by atoms with Gasteiger partial charge in [-0.1, -0.05) is 75.4 Å². The van der Waals surface area contributed by atoms with Gasteiger partial charge >= 0.3 is 0 Å². The van der Waals surface area contributed by atoms with Crippen LogP contribution in [0.5, 0.6) is 0 Å². The molecule has 0 spiro atoms. The van der Waals surface area contributed by atoms with Crippen LogP contribution in [-0.2, 0) is 4.79 Å². The summed E-state index contributed by atoms with van der Waals surface area (Å²) >= 11 is 0. The first-order valence-corrected chi connectivity index (χ1v) is 12.7. The summed E-state index contributed by atoms with van der Waals surface area (Å²) in [5, 5.41) is 6.81. The molecule has 1 aliphatic heterocycles. The van der Waals surface area contributed by atoms with E-state index in [1.54, 1.807) is 23.2 Å². The summed E-state index contributed by atoms with van der Waals surface area (Å²) in [7, 11) is 0. The summed E-state index contributed by atoms with van der Waals surface area (Å²) in [5.74, 6) is -0.774. The fourth-order valence-corrected chi connectivity index (χ4v) is 4.57. The van der Waals surface area contributed by atoms with Crippen LogP contribution in [0.15, 0.2) is 79.0 Å². The van der Waals surface area contributed by atoms with Crippen molar-refractivity contribution in [3.63, 3.8) is 0 Å². The van der Waals surface area contributed by atoms with E-state index in [2.05, 4.69) is 20.6 Å². The quantitative estimate of drug-likeness (QED) is 0.365. The van der Waals surface area contributed by atoms with Crippen LogP contribution in [0.3, 0.4) is 0 Å². The Bertz CT molecular complexity index is 1430. The van der Waals surface area contributed by atoms with Gasteiger partial charge in [-0.05, 0) is 29.2 Å². The van der Waals surface area contributed by atoms with Crippen molar-refractivity contribution in [1.29, 1.82) is 0 Å². The average Bonchev–Trinajstić information content (AvgIpc) is 3.33. The summed E-state index contributed by atoms with van der Waals surface area (Å²) in [4.78, 5) is 48.2. The van der Waals surface area contributed by atoms with E-state index in [1.807, 2.05) is 81.4 Å². The third-order valence-electron chi connectivity index (χ3n) is 6.79. The van der Waals surface area contributed by atoms with Crippen LogP contribution in [-0.4, -0.2) is 57.8 Å². The zero-order chi connectivity index (χ0) is 26.9. The topological polar surface area (TPSA) is 107 Å². The molecule has 5 rings (SSSR count). The van der Waals surface area contributed by atoms with Crippen LogP contribution in [0.4, 0.5) is 0 Å². The second-order valence-corrected chi connectivity index (χ2v) is 10.8. The lowest BCUT2D eigenvalue weighted by Gasteiger charge is -2.43. The van der Waals surface area contributed by atoms with Gasteiger partial charge in [-0.15, -0.1) is 0 Å². The third kappa shape index (κ3) is 5.29. The number of likely N-dealkylation sites (tertiary alicyclic amines) is 1. The second-order valence-electron chi connectivity index (χ2n) is 10.8. The maximum Gasteiger partial charge on any atom is 0.270 e. The Morgan fingerprint density at radius 3 is 2.29 bits per heavy atom. The Kier molecular flexibility index (Phi) is 6.72. The van der Waals surface area contributed by atoms with Crippen molar-refractivity contribution in [3.05, 3.63) is 90.4 Å². The van der Waals surface area contributed by atoms with Gasteiger partial charge in [0, 0.05) is 35.8 Å². The number of aromatic nitrogens is 2. The van der Waals surface area contributed by atoms with E-state index in [0.29, 0.717) is 24.5 Å². The van der Waals surface area contributed by atoms with E-state index in [-0.39, 0.29) is 23.8 Å². The zero-order valence-corrected chi connectivity index (χ0v) is 21.7. The summed E-state index contributed by atoms with van der Waals surface area (Å²) in [6.07, 6.45) is 1.69. The van der Waals surface area contributed by atoms with Crippen LogP contribution in [0, 0.1) is 5.41 Å². The number of para-hydroxylation sites is 1. The number of aromatic amines is 1. The number of H-pyrrole nitrogens is 1. The molecule has 1 saturated heterocycles. The van der Waals surface area contributed by atoms with E-state index in [0.717, 1.165) is 22.0 Å². The lowest BCUT2D eigenvalue weighted by atomic mass is 9.85. The first kappa shape index (κ1) is 25.2. The number of benzene rings is 2. The molecule has 8 heteroatoms. The highest BCUT2D eigenvalue weighted by atomic mass is 16.2. The Labute approximate surface area is 221 Å². The van der Waals surface area contributed by atoms with Crippen LogP contribution in [0.25, 0.3) is 22.0 Å². The Morgan fingerprint density at radius 1 is 0.921 bits per heavy atom. The highest BCUT2D eigenvalue weighted by molar-refractivity contribution is 6.00. The lowest BCUT2D eigenvalue weighted by molar-refractivity contribution is -0.140. The maximum atomic E-state index is 13.4. The molecule has 194 valence electrons. The van der Waals surface area contributed by atoms with E-state index < -0.39 is 11.5 Å². The molecule has 0 radical (unpaired) electrons. The molecular weight excluding hydrogens is 478 g/mol. The number of hydrogen-bond donors (Lipinski definition) is 3. The molecule has 0 saturated carbocycles. The monoisotopic (exact) mass is 509 g/mol. The fraction of sp³-hybridized carbons (Fsp3) is 0.267. The number of nitrogens with one attached hydrogen (secondary N) is 3. The highest BCUT2D eigenvalue weighted by Crippen LogP contribution is 2.25. The van der Waals surface area contributed by atoms with E-state index in [9.17, 15) is 14.4 Å². The molecule has 3 N–H and O–H groups in total. The van der Waals surface area contributed by atoms with Gasteiger partial charge < -0.3 is 20.5 Å². The number of carbonyl (C=O) groups excluding carboxylic acids is 3. The minimum Gasteiger partial charge on any atom is -0.351 e. The third-order valence-corrected chi connectivity index (χ3v) is 6.79. The molecule has 3 heterocycles. The lowest BCUT2D eigenvalue weighted by Crippen LogP contribution is -2.66. The molecule has 38 heavy (non-hydrogen) atoms. The van der Waals surface area contributed by atoms with Gasteiger partial charge in [-0.25, -0.2) is 0 Å². The smallest absolute Gasteiger partial charge is 0.270 e. The molecule has 2 aromatic heterocycles. The minimum atomic E-state index is -0.717. The van der Waals surface area contributed by atoms with E-state index >= 15 is 0 Å². The molecule has 0 unspecified atom stereocenters. The zero-order valence-electron chi connectivity index (χ0n) is 21.7. The summed E-state index contributed by atoms with van der Waals surface area (Å²) < 4.78 is 0. The van der Waals surface area contributed by atoms with Gasteiger partial charge in [-0.3, -0.25) is 19.4 Å². The number of rotatable bonds is 6. The first-order chi connectivity index (χ1) is 18.2. The number of carbonyl (C=O) groups is 3. The molecule has 0 aliphatic carbocycles. The van der Waals surface area contributed by atoms with Crippen molar-refractivity contribution in [3.8, 4) is 11.1 Å². The number of amides is 3. The molecule has 0 bridgehead atoms. The molecule has 3 amide bonds. The Morgan fingerprint density at radius 2 is 1.63 bits per heavy atom. The van der Waals surface area contributed by atoms with E-state index in [1.165, 1.54) is 0 Å². The largest absolute Gasteiger partial charge is 0.351 e. The Balaban J connectivity index is 1.18.